The van der Waals surface area contributed by atoms with E-state index in [1.54, 1.807) is 29.0 Å². The number of piperidine rings is 1. The van der Waals surface area contributed by atoms with Crippen LogP contribution in [0.15, 0.2) is 47.5 Å². The Morgan fingerprint density at radius 1 is 1.09 bits per heavy atom. The lowest BCUT2D eigenvalue weighted by atomic mass is 9.79. The maximum Gasteiger partial charge on any atom is 0.259 e. The van der Waals surface area contributed by atoms with Crippen LogP contribution in [0.4, 0.5) is 0 Å². The second kappa shape index (κ2) is 11.2. The minimum Gasteiger partial charge on any atom is -0.383 e. The van der Waals surface area contributed by atoms with Gasteiger partial charge in [0.05, 0.1) is 6.61 Å². The molecule has 1 aliphatic heterocycles. The molecule has 0 spiro atoms. The Morgan fingerprint density at radius 3 is 2.49 bits per heavy atom. The van der Waals surface area contributed by atoms with Gasteiger partial charge in [0.25, 0.3) is 11.8 Å². The first kappa shape index (κ1) is 25.2. The fourth-order valence-electron chi connectivity index (χ4n) is 5.57. The van der Waals surface area contributed by atoms with E-state index in [-0.39, 0.29) is 22.4 Å². The predicted octanol–water partition coefficient (Wildman–Crippen LogP) is 3.61. The summed E-state index contributed by atoms with van der Waals surface area (Å²) in [5, 5.41) is 3.05. The summed E-state index contributed by atoms with van der Waals surface area (Å²) in [5.74, 6) is -0.320. The zero-order valence-corrected chi connectivity index (χ0v) is 20.9. The first-order valence-electron chi connectivity index (χ1n) is 12.8. The van der Waals surface area contributed by atoms with Crippen LogP contribution in [0.2, 0.25) is 0 Å². The molecular formula is C28H37N3O4. The minimum atomic E-state index is -0.500. The van der Waals surface area contributed by atoms with Crippen molar-refractivity contribution in [2.75, 3.05) is 33.4 Å². The van der Waals surface area contributed by atoms with E-state index in [4.69, 9.17) is 4.74 Å². The molecule has 2 fully saturated rings. The summed E-state index contributed by atoms with van der Waals surface area (Å²) in [6.45, 7) is 4.71. The maximum absolute atomic E-state index is 13.4. The van der Waals surface area contributed by atoms with E-state index in [1.807, 2.05) is 18.2 Å². The minimum absolute atomic E-state index is 0.0122. The van der Waals surface area contributed by atoms with Crippen LogP contribution in [0.25, 0.3) is 0 Å². The predicted molar refractivity (Wildman–Crippen MR) is 136 cm³/mol. The number of amides is 2. The highest BCUT2D eigenvalue weighted by Gasteiger charge is 2.36. The van der Waals surface area contributed by atoms with E-state index in [0.29, 0.717) is 38.7 Å². The number of aromatic nitrogens is 1. The van der Waals surface area contributed by atoms with Crippen LogP contribution in [0.5, 0.6) is 0 Å². The molecule has 188 valence electrons. The number of nitrogens with zero attached hydrogens (tertiary/aromatic N) is 2. The monoisotopic (exact) mass is 479 g/mol. The van der Waals surface area contributed by atoms with Gasteiger partial charge in [-0.1, -0.05) is 50.1 Å². The molecule has 1 aromatic heterocycles. The lowest BCUT2D eigenvalue weighted by molar-refractivity contribution is 0.0680. The van der Waals surface area contributed by atoms with Gasteiger partial charge >= 0.3 is 0 Å². The Bertz CT molecular complexity index is 1090. The third-order valence-electron chi connectivity index (χ3n) is 7.59. The van der Waals surface area contributed by atoms with Crippen LogP contribution in [0.1, 0.15) is 71.7 Å². The van der Waals surface area contributed by atoms with Gasteiger partial charge in [-0.25, -0.2) is 0 Å². The maximum atomic E-state index is 13.4. The molecule has 1 saturated carbocycles. The van der Waals surface area contributed by atoms with Crippen molar-refractivity contribution >= 4 is 11.8 Å². The molecule has 7 nitrogen and oxygen atoms in total. The fourth-order valence-corrected chi connectivity index (χ4v) is 5.57. The van der Waals surface area contributed by atoms with Crippen molar-refractivity contribution in [2.45, 2.75) is 57.4 Å². The topological polar surface area (TPSA) is 80.6 Å². The first-order valence-corrected chi connectivity index (χ1v) is 12.8. The lowest BCUT2D eigenvalue weighted by Crippen LogP contribution is -2.43. The Balaban J connectivity index is 1.60. The lowest BCUT2D eigenvalue weighted by Gasteiger charge is -2.31. The molecule has 1 aliphatic carbocycles. The molecule has 1 saturated heterocycles. The fraction of sp³-hybridized carbons (Fsp3) is 0.536. The second-order valence-corrected chi connectivity index (χ2v) is 10.2. The average Bonchev–Trinajstić information content (AvgIpc) is 3.37. The number of nitrogens with one attached hydrogen (secondary N) is 1. The molecule has 2 amide bonds. The van der Waals surface area contributed by atoms with Gasteiger partial charge in [-0.15, -0.1) is 0 Å². The van der Waals surface area contributed by atoms with Gasteiger partial charge in [0, 0.05) is 51.1 Å². The smallest absolute Gasteiger partial charge is 0.259 e. The van der Waals surface area contributed by atoms with Crippen LogP contribution in [-0.4, -0.2) is 54.6 Å². The highest BCUT2D eigenvalue weighted by atomic mass is 16.5. The van der Waals surface area contributed by atoms with Crippen LogP contribution in [0.3, 0.4) is 0 Å². The number of carbonyl (C=O) groups excluding carboxylic acids is 2. The van der Waals surface area contributed by atoms with Gasteiger partial charge in [-0.05, 0) is 37.2 Å². The molecule has 1 N–H and O–H groups in total. The summed E-state index contributed by atoms with van der Waals surface area (Å²) >= 11 is 0. The molecule has 1 atom stereocenters. The van der Waals surface area contributed by atoms with Crippen molar-refractivity contribution in [1.82, 2.24) is 14.8 Å². The van der Waals surface area contributed by atoms with Crippen molar-refractivity contribution in [1.29, 1.82) is 0 Å². The van der Waals surface area contributed by atoms with E-state index < -0.39 is 11.3 Å². The van der Waals surface area contributed by atoms with Gasteiger partial charge in [-0.3, -0.25) is 14.4 Å². The Morgan fingerprint density at radius 2 is 1.80 bits per heavy atom. The van der Waals surface area contributed by atoms with Crippen molar-refractivity contribution < 1.29 is 14.3 Å². The van der Waals surface area contributed by atoms with Crippen molar-refractivity contribution in [2.24, 2.45) is 5.92 Å². The molecule has 0 unspecified atom stereocenters. The van der Waals surface area contributed by atoms with E-state index in [9.17, 15) is 14.4 Å². The van der Waals surface area contributed by atoms with Gasteiger partial charge in [0.1, 0.15) is 11.1 Å². The van der Waals surface area contributed by atoms with Crippen LogP contribution < -0.4 is 10.7 Å². The third-order valence-corrected chi connectivity index (χ3v) is 7.59. The molecule has 0 bridgehead atoms. The summed E-state index contributed by atoms with van der Waals surface area (Å²) in [5.41, 5.74) is 0.668. The summed E-state index contributed by atoms with van der Waals surface area (Å²) < 4.78 is 6.91. The van der Waals surface area contributed by atoms with E-state index in [0.717, 1.165) is 38.5 Å². The van der Waals surface area contributed by atoms with E-state index in [1.165, 1.54) is 5.56 Å². The zero-order chi connectivity index (χ0) is 24.8. The van der Waals surface area contributed by atoms with Crippen LogP contribution in [0, 0.1) is 5.92 Å². The number of ether oxygens (including phenoxy) is 1. The van der Waals surface area contributed by atoms with E-state index in [2.05, 4.69) is 24.4 Å². The average molecular weight is 480 g/mol. The highest BCUT2D eigenvalue weighted by Crippen LogP contribution is 2.40. The largest absolute Gasteiger partial charge is 0.383 e. The number of methoxy groups -OCH3 is 1. The highest BCUT2D eigenvalue weighted by molar-refractivity contribution is 5.99. The quantitative estimate of drug-likeness (QED) is 0.627. The van der Waals surface area contributed by atoms with Crippen molar-refractivity contribution in [3.05, 3.63) is 69.6 Å². The molecular weight excluding hydrogens is 442 g/mol. The number of carbonyl (C=O) groups is 2. The van der Waals surface area contributed by atoms with Gasteiger partial charge < -0.3 is 19.5 Å². The molecule has 35 heavy (non-hydrogen) atoms. The first-order chi connectivity index (χ1) is 16.9. The number of benzene rings is 1. The zero-order valence-electron chi connectivity index (χ0n) is 20.9. The molecule has 2 heterocycles. The SMILES string of the molecule is COCCn1cc(C(=O)NCC2(c3ccccc3)CCCC2)c(=O)c(C(=O)N2CCC[C@H](C)C2)c1. The number of pyridine rings is 1. The Labute approximate surface area is 207 Å². The molecule has 7 heteroatoms. The van der Waals surface area contributed by atoms with Gasteiger partial charge in [-0.2, -0.15) is 0 Å². The normalized spacial score (nSPS) is 19.5. The molecule has 1 aromatic carbocycles. The van der Waals surface area contributed by atoms with Gasteiger partial charge in [0.15, 0.2) is 0 Å². The third kappa shape index (κ3) is 5.67. The number of likely N-dealkylation sites (tertiary alicyclic amines) is 1. The molecule has 0 radical (unpaired) electrons. The second-order valence-electron chi connectivity index (χ2n) is 10.2. The van der Waals surface area contributed by atoms with E-state index >= 15 is 0 Å². The summed E-state index contributed by atoms with van der Waals surface area (Å²) in [4.78, 5) is 41.8. The summed E-state index contributed by atoms with van der Waals surface area (Å²) in [6, 6.07) is 10.3. The Hall–Kier alpha value is -2.93. The Kier molecular flexibility index (Phi) is 8.06. The molecule has 2 aromatic rings. The number of rotatable bonds is 8. The number of hydrogen-bond acceptors (Lipinski definition) is 4. The molecule has 4 rings (SSSR count). The summed E-state index contributed by atoms with van der Waals surface area (Å²) in [7, 11) is 1.60. The molecule has 2 aliphatic rings. The van der Waals surface area contributed by atoms with Crippen LogP contribution >= 0.6 is 0 Å². The van der Waals surface area contributed by atoms with Crippen LogP contribution in [-0.2, 0) is 16.7 Å². The number of hydrogen-bond donors (Lipinski definition) is 1. The van der Waals surface area contributed by atoms with Crippen molar-refractivity contribution in [3.8, 4) is 0 Å². The summed E-state index contributed by atoms with van der Waals surface area (Å²) in [6.07, 6.45) is 9.36. The van der Waals surface area contributed by atoms with Crippen molar-refractivity contribution in [3.63, 3.8) is 0 Å². The van der Waals surface area contributed by atoms with Gasteiger partial charge in [0.2, 0.25) is 5.43 Å². The standard InChI is InChI=1S/C28H37N3O4/c1-21-9-8-14-31(17-21)27(34)24-19-30(15-16-35-2)18-23(25(24)32)26(33)29-20-28(12-6-7-13-28)22-10-4-3-5-11-22/h3-5,10-11,18-19,21H,6-9,12-17,20H2,1-2H3,(H,29,33)/t21-/m0/s1.